The molecule has 0 saturated carbocycles. The van der Waals surface area contributed by atoms with Crippen LogP contribution in [0.5, 0.6) is 0 Å². The number of aliphatic hydroxyl groups is 1. The Balaban J connectivity index is 2.09. The Labute approximate surface area is 174 Å². The second-order valence-electron chi connectivity index (χ2n) is 6.31. The van der Waals surface area contributed by atoms with E-state index in [-0.39, 0.29) is 24.1 Å². The molecule has 1 aromatic heterocycles. The number of halogens is 1. The maximum Gasteiger partial charge on any atom is 0.350 e. The lowest BCUT2D eigenvalue weighted by Crippen LogP contribution is -2.39. The predicted molar refractivity (Wildman–Crippen MR) is 112 cm³/mol. The predicted octanol–water partition coefficient (Wildman–Crippen LogP) is 3.12. The van der Waals surface area contributed by atoms with Crippen LogP contribution in [0.4, 0.5) is 4.39 Å². The number of aliphatic hydroxyl groups excluding tert-OH is 1. The van der Waals surface area contributed by atoms with Crippen molar-refractivity contribution in [1.82, 2.24) is 15.6 Å². The fourth-order valence-corrected chi connectivity index (χ4v) is 3.56. The minimum absolute atomic E-state index is 0.00599. The number of hydrogen-bond acceptors (Lipinski definition) is 6. The molecule has 9 heteroatoms. The molecule has 2 atom stereocenters. The third kappa shape index (κ3) is 6.23. The van der Waals surface area contributed by atoms with Gasteiger partial charge < -0.3 is 20.5 Å². The maximum atomic E-state index is 13.8. The molecule has 29 heavy (non-hydrogen) atoms. The number of aromatic nitrogens is 1. The molecule has 0 aliphatic carbocycles. The van der Waals surface area contributed by atoms with Crippen LogP contribution in [-0.2, 0) is 4.74 Å². The first-order valence-corrected chi connectivity index (χ1v) is 10.3. The summed E-state index contributed by atoms with van der Waals surface area (Å²) in [4.78, 5) is 21.3. The van der Waals surface area contributed by atoms with E-state index in [4.69, 9.17) is 4.74 Å². The molecule has 0 fully saturated rings. The molecular formula is C20H27FN4O3S. The average Bonchev–Trinajstić information content (AvgIpc) is 3.08. The first kappa shape index (κ1) is 22.8. The van der Waals surface area contributed by atoms with E-state index in [1.54, 1.807) is 26.0 Å². The summed E-state index contributed by atoms with van der Waals surface area (Å²) in [7, 11) is 0. The van der Waals surface area contributed by atoms with Crippen LogP contribution in [0.25, 0.3) is 0 Å². The van der Waals surface area contributed by atoms with Gasteiger partial charge in [0.25, 0.3) is 0 Å². The second kappa shape index (κ2) is 10.9. The van der Waals surface area contributed by atoms with Crippen molar-refractivity contribution < 1.29 is 19.0 Å². The van der Waals surface area contributed by atoms with Gasteiger partial charge in [-0.1, -0.05) is 18.2 Å². The quantitative estimate of drug-likeness (QED) is 0.344. The number of aliphatic imine (C=N–C) groups is 1. The van der Waals surface area contributed by atoms with Crippen LogP contribution in [0.1, 0.15) is 58.9 Å². The standard InChI is InChI=1S/C20H27FN4O3S/c1-5-22-20(23-11-16(26)14-9-7-8-10-15(14)21)25-13(4)18-24-12(3)17(29-18)19(27)28-6-2/h7-10,13,16,26H,5-6,11H2,1-4H3,(H2,22,23,25). The van der Waals surface area contributed by atoms with Crippen molar-refractivity contribution >= 4 is 23.3 Å². The number of aryl methyl sites for hydroxylation is 1. The Morgan fingerprint density at radius 1 is 1.38 bits per heavy atom. The highest BCUT2D eigenvalue weighted by Gasteiger charge is 2.20. The minimum atomic E-state index is -1.06. The molecule has 0 saturated heterocycles. The summed E-state index contributed by atoms with van der Waals surface area (Å²) in [5.74, 6) is -0.387. The Morgan fingerprint density at radius 2 is 2.10 bits per heavy atom. The molecule has 7 nitrogen and oxygen atoms in total. The summed E-state index contributed by atoms with van der Waals surface area (Å²) in [5.41, 5.74) is 0.823. The van der Waals surface area contributed by atoms with Gasteiger partial charge >= 0.3 is 5.97 Å². The summed E-state index contributed by atoms with van der Waals surface area (Å²) in [6.07, 6.45) is -1.06. The highest BCUT2D eigenvalue weighted by Crippen LogP contribution is 2.24. The van der Waals surface area contributed by atoms with Crippen LogP contribution >= 0.6 is 11.3 Å². The summed E-state index contributed by atoms with van der Waals surface area (Å²) in [6.45, 7) is 8.25. The lowest BCUT2D eigenvalue weighted by Gasteiger charge is -2.17. The molecule has 0 radical (unpaired) electrons. The number of carbonyl (C=O) groups excluding carboxylic acids is 1. The van der Waals surface area contributed by atoms with E-state index in [0.717, 1.165) is 0 Å². The number of hydrogen-bond donors (Lipinski definition) is 3. The van der Waals surface area contributed by atoms with E-state index in [1.165, 1.54) is 23.5 Å². The zero-order valence-corrected chi connectivity index (χ0v) is 17.8. The van der Waals surface area contributed by atoms with Crippen LogP contribution in [-0.4, -0.2) is 41.7 Å². The highest BCUT2D eigenvalue weighted by atomic mass is 32.1. The van der Waals surface area contributed by atoms with Gasteiger partial charge in [-0.2, -0.15) is 0 Å². The SMILES string of the molecule is CCNC(=NCC(O)c1ccccc1F)NC(C)c1nc(C)c(C(=O)OCC)s1. The second-order valence-corrected chi connectivity index (χ2v) is 7.34. The Morgan fingerprint density at radius 3 is 2.76 bits per heavy atom. The minimum Gasteiger partial charge on any atom is -0.462 e. The average molecular weight is 423 g/mol. The monoisotopic (exact) mass is 422 g/mol. The topological polar surface area (TPSA) is 95.8 Å². The van der Waals surface area contributed by atoms with Gasteiger partial charge in [-0.05, 0) is 33.8 Å². The van der Waals surface area contributed by atoms with E-state index in [0.29, 0.717) is 34.7 Å². The van der Waals surface area contributed by atoms with E-state index in [2.05, 4.69) is 20.6 Å². The lowest BCUT2D eigenvalue weighted by atomic mass is 10.1. The molecule has 0 aliphatic rings. The molecule has 0 spiro atoms. The van der Waals surface area contributed by atoms with Crippen LogP contribution < -0.4 is 10.6 Å². The summed E-state index contributed by atoms with van der Waals surface area (Å²) < 4.78 is 18.9. The molecule has 0 aliphatic heterocycles. The maximum absolute atomic E-state index is 13.8. The van der Waals surface area contributed by atoms with Gasteiger partial charge in [-0.15, -0.1) is 11.3 Å². The molecule has 2 unspecified atom stereocenters. The van der Waals surface area contributed by atoms with Gasteiger partial charge in [-0.3, -0.25) is 4.99 Å². The number of nitrogens with one attached hydrogen (secondary N) is 2. The number of rotatable bonds is 8. The van der Waals surface area contributed by atoms with Crippen molar-refractivity contribution in [2.45, 2.75) is 39.8 Å². The van der Waals surface area contributed by atoms with E-state index in [9.17, 15) is 14.3 Å². The first-order valence-electron chi connectivity index (χ1n) is 9.49. The summed E-state index contributed by atoms with van der Waals surface area (Å²) in [6, 6.07) is 5.85. The third-order valence-electron chi connectivity index (χ3n) is 4.03. The van der Waals surface area contributed by atoms with Crippen molar-refractivity contribution in [2.75, 3.05) is 19.7 Å². The zero-order valence-electron chi connectivity index (χ0n) is 17.0. The number of nitrogens with zero attached hydrogens (tertiary/aromatic N) is 2. The Kier molecular flexibility index (Phi) is 8.53. The molecule has 1 aromatic carbocycles. The number of thiazole rings is 1. The Bertz CT molecular complexity index is 856. The Hall–Kier alpha value is -2.52. The fraction of sp³-hybridized carbons (Fsp3) is 0.450. The van der Waals surface area contributed by atoms with Crippen LogP contribution in [0.2, 0.25) is 0 Å². The van der Waals surface area contributed by atoms with Crippen molar-refractivity contribution in [3.8, 4) is 0 Å². The van der Waals surface area contributed by atoms with Crippen LogP contribution in [0, 0.1) is 12.7 Å². The third-order valence-corrected chi connectivity index (χ3v) is 5.35. The van der Waals surface area contributed by atoms with Crippen molar-refractivity contribution in [2.24, 2.45) is 4.99 Å². The number of guanidine groups is 1. The molecule has 2 aromatic rings. The normalized spacial score (nSPS) is 13.7. The van der Waals surface area contributed by atoms with Crippen molar-refractivity contribution in [3.05, 3.63) is 51.2 Å². The molecule has 158 valence electrons. The van der Waals surface area contributed by atoms with Crippen LogP contribution in [0.3, 0.4) is 0 Å². The molecule has 0 amide bonds. The summed E-state index contributed by atoms with van der Waals surface area (Å²) in [5, 5.41) is 17.3. The smallest absolute Gasteiger partial charge is 0.350 e. The van der Waals surface area contributed by atoms with Gasteiger partial charge in [0.2, 0.25) is 0 Å². The molecular weight excluding hydrogens is 395 g/mol. The lowest BCUT2D eigenvalue weighted by molar-refractivity contribution is 0.0531. The highest BCUT2D eigenvalue weighted by molar-refractivity contribution is 7.13. The van der Waals surface area contributed by atoms with Gasteiger partial charge in [0, 0.05) is 12.1 Å². The van der Waals surface area contributed by atoms with Crippen molar-refractivity contribution in [3.63, 3.8) is 0 Å². The molecule has 3 N–H and O–H groups in total. The molecule has 0 bridgehead atoms. The van der Waals surface area contributed by atoms with Gasteiger partial charge in [0.05, 0.1) is 24.9 Å². The van der Waals surface area contributed by atoms with Gasteiger partial charge in [0.15, 0.2) is 5.96 Å². The largest absolute Gasteiger partial charge is 0.462 e. The van der Waals surface area contributed by atoms with E-state index >= 15 is 0 Å². The van der Waals surface area contributed by atoms with Crippen molar-refractivity contribution in [1.29, 1.82) is 0 Å². The summed E-state index contributed by atoms with van der Waals surface area (Å²) >= 11 is 1.27. The number of benzene rings is 1. The van der Waals surface area contributed by atoms with E-state index in [1.807, 2.05) is 13.8 Å². The first-order chi connectivity index (χ1) is 13.9. The fourth-order valence-electron chi connectivity index (χ4n) is 2.60. The van der Waals surface area contributed by atoms with Gasteiger partial charge in [0.1, 0.15) is 21.8 Å². The molecule has 1 heterocycles. The number of esters is 1. The molecule has 2 rings (SSSR count). The van der Waals surface area contributed by atoms with E-state index < -0.39 is 11.9 Å². The number of ether oxygens (including phenoxy) is 1. The van der Waals surface area contributed by atoms with Crippen LogP contribution in [0.15, 0.2) is 29.3 Å². The number of carbonyl (C=O) groups is 1. The van der Waals surface area contributed by atoms with Gasteiger partial charge in [-0.25, -0.2) is 14.2 Å². The zero-order chi connectivity index (χ0) is 21.4.